The van der Waals surface area contributed by atoms with E-state index >= 15 is 0 Å². The van der Waals surface area contributed by atoms with Crippen LogP contribution < -0.4 is 5.73 Å². The Balaban J connectivity index is 1.68. The minimum atomic E-state index is 0.109. The summed E-state index contributed by atoms with van der Waals surface area (Å²) in [6.07, 6.45) is 10.5. The highest BCUT2D eigenvalue weighted by Gasteiger charge is 2.24. The van der Waals surface area contributed by atoms with Crippen molar-refractivity contribution in [3.05, 3.63) is 24.5 Å². The number of hydrogen-bond acceptors (Lipinski definition) is 6. The third-order valence-corrected chi connectivity index (χ3v) is 3.68. The Morgan fingerprint density at radius 1 is 1.32 bits per heavy atom. The zero-order valence-corrected chi connectivity index (χ0v) is 10.7. The van der Waals surface area contributed by atoms with E-state index < -0.39 is 0 Å². The number of hydrogen-bond donors (Lipinski definition) is 1. The van der Waals surface area contributed by atoms with Crippen LogP contribution in [-0.2, 0) is 6.42 Å². The van der Waals surface area contributed by atoms with Crippen LogP contribution in [0.5, 0.6) is 0 Å². The Morgan fingerprint density at radius 2 is 2.16 bits per heavy atom. The summed E-state index contributed by atoms with van der Waals surface area (Å²) in [5, 5.41) is 3.92. The standard InChI is InChI=1S/C13H17N5O/c14-10(9-3-1-2-4-9)7-12-17-13(18-19-12)11-8-15-5-6-16-11/h5-6,8-10H,1-4,7,14H2. The van der Waals surface area contributed by atoms with Gasteiger partial charge < -0.3 is 10.3 Å². The molecular weight excluding hydrogens is 242 g/mol. The van der Waals surface area contributed by atoms with E-state index in [1.54, 1.807) is 18.6 Å². The van der Waals surface area contributed by atoms with Crippen LogP contribution in [-0.4, -0.2) is 26.2 Å². The van der Waals surface area contributed by atoms with Gasteiger partial charge in [0, 0.05) is 24.9 Å². The summed E-state index contributed by atoms with van der Waals surface area (Å²) in [7, 11) is 0. The molecule has 1 atom stereocenters. The van der Waals surface area contributed by atoms with Crippen LogP contribution in [0.3, 0.4) is 0 Å². The van der Waals surface area contributed by atoms with Crippen molar-refractivity contribution in [3.63, 3.8) is 0 Å². The van der Waals surface area contributed by atoms with E-state index in [1.807, 2.05) is 0 Å². The van der Waals surface area contributed by atoms with Crippen LogP contribution in [0.25, 0.3) is 11.5 Å². The molecule has 0 saturated heterocycles. The van der Waals surface area contributed by atoms with E-state index in [9.17, 15) is 0 Å². The Morgan fingerprint density at radius 3 is 2.89 bits per heavy atom. The van der Waals surface area contributed by atoms with Gasteiger partial charge in [-0.3, -0.25) is 4.98 Å². The molecule has 2 aromatic rings. The molecule has 1 fully saturated rings. The van der Waals surface area contributed by atoms with Gasteiger partial charge in [0.2, 0.25) is 11.7 Å². The molecule has 0 spiro atoms. The van der Waals surface area contributed by atoms with Crippen LogP contribution in [0.2, 0.25) is 0 Å². The lowest BCUT2D eigenvalue weighted by molar-refractivity contribution is 0.341. The van der Waals surface area contributed by atoms with Crippen molar-refractivity contribution < 1.29 is 4.52 Å². The van der Waals surface area contributed by atoms with Gasteiger partial charge in [0.05, 0.1) is 6.20 Å². The van der Waals surface area contributed by atoms with Gasteiger partial charge in [-0.1, -0.05) is 18.0 Å². The average Bonchev–Trinajstić information content (AvgIpc) is 3.11. The smallest absolute Gasteiger partial charge is 0.228 e. The SMILES string of the molecule is NC(Cc1nc(-c2cnccn2)no1)C1CCCC1. The maximum absolute atomic E-state index is 6.20. The summed E-state index contributed by atoms with van der Waals surface area (Å²) >= 11 is 0. The monoisotopic (exact) mass is 259 g/mol. The van der Waals surface area contributed by atoms with E-state index in [2.05, 4.69) is 20.1 Å². The Kier molecular flexibility index (Phi) is 3.50. The lowest BCUT2D eigenvalue weighted by Gasteiger charge is -2.16. The zero-order valence-electron chi connectivity index (χ0n) is 10.7. The highest BCUT2D eigenvalue weighted by Crippen LogP contribution is 2.28. The van der Waals surface area contributed by atoms with Gasteiger partial charge in [0.25, 0.3) is 0 Å². The fourth-order valence-corrected chi connectivity index (χ4v) is 2.61. The Bertz CT molecular complexity index is 521. The molecule has 2 aromatic heterocycles. The predicted molar refractivity (Wildman–Crippen MR) is 69.0 cm³/mol. The molecule has 1 unspecified atom stereocenters. The van der Waals surface area contributed by atoms with Crippen molar-refractivity contribution in [2.75, 3.05) is 0 Å². The van der Waals surface area contributed by atoms with Gasteiger partial charge in [-0.15, -0.1) is 0 Å². The maximum Gasteiger partial charge on any atom is 0.228 e. The summed E-state index contributed by atoms with van der Waals surface area (Å²) in [6.45, 7) is 0. The average molecular weight is 259 g/mol. The van der Waals surface area contributed by atoms with Crippen molar-refractivity contribution >= 4 is 0 Å². The maximum atomic E-state index is 6.20. The second-order valence-electron chi connectivity index (χ2n) is 5.01. The topological polar surface area (TPSA) is 90.7 Å². The first-order valence-electron chi connectivity index (χ1n) is 6.67. The van der Waals surface area contributed by atoms with Crippen LogP contribution >= 0.6 is 0 Å². The molecule has 100 valence electrons. The lowest BCUT2D eigenvalue weighted by Crippen LogP contribution is -2.30. The highest BCUT2D eigenvalue weighted by atomic mass is 16.5. The van der Waals surface area contributed by atoms with Crippen LogP contribution in [0, 0.1) is 5.92 Å². The molecule has 1 saturated carbocycles. The summed E-state index contributed by atoms with van der Waals surface area (Å²) in [4.78, 5) is 12.5. The van der Waals surface area contributed by atoms with E-state index in [1.165, 1.54) is 25.7 Å². The first-order chi connectivity index (χ1) is 9.33. The van der Waals surface area contributed by atoms with Gasteiger partial charge in [0.1, 0.15) is 5.69 Å². The molecule has 3 rings (SSSR count). The van der Waals surface area contributed by atoms with Crippen LogP contribution in [0.15, 0.2) is 23.1 Å². The fraction of sp³-hybridized carbons (Fsp3) is 0.538. The van der Waals surface area contributed by atoms with Crippen molar-refractivity contribution in [3.8, 4) is 11.5 Å². The quantitative estimate of drug-likeness (QED) is 0.896. The molecule has 2 N–H and O–H groups in total. The number of nitrogens with zero attached hydrogens (tertiary/aromatic N) is 4. The lowest BCUT2D eigenvalue weighted by atomic mass is 9.96. The molecule has 0 amide bonds. The first-order valence-corrected chi connectivity index (χ1v) is 6.67. The molecule has 6 nitrogen and oxygen atoms in total. The third-order valence-electron chi connectivity index (χ3n) is 3.68. The fourth-order valence-electron chi connectivity index (χ4n) is 2.61. The Hall–Kier alpha value is -1.82. The van der Waals surface area contributed by atoms with Gasteiger partial charge in [-0.05, 0) is 18.8 Å². The van der Waals surface area contributed by atoms with Crippen LogP contribution in [0.1, 0.15) is 31.6 Å². The number of nitrogens with two attached hydrogens (primary N) is 1. The van der Waals surface area contributed by atoms with E-state index in [-0.39, 0.29) is 6.04 Å². The highest BCUT2D eigenvalue weighted by molar-refractivity contribution is 5.45. The normalized spacial score (nSPS) is 17.7. The summed E-state index contributed by atoms with van der Waals surface area (Å²) in [6, 6.07) is 0.109. The summed E-state index contributed by atoms with van der Waals surface area (Å²) < 4.78 is 5.24. The predicted octanol–water partition coefficient (Wildman–Crippen LogP) is 1.59. The van der Waals surface area contributed by atoms with E-state index in [4.69, 9.17) is 10.3 Å². The summed E-state index contributed by atoms with van der Waals surface area (Å²) in [5.74, 6) is 1.65. The molecule has 1 aliphatic rings. The van der Waals surface area contributed by atoms with Crippen molar-refractivity contribution in [1.82, 2.24) is 20.1 Å². The van der Waals surface area contributed by atoms with Gasteiger partial charge >= 0.3 is 0 Å². The molecule has 0 aromatic carbocycles. The molecule has 0 radical (unpaired) electrons. The van der Waals surface area contributed by atoms with Crippen molar-refractivity contribution in [1.29, 1.82) is 0 Å². The summed E-state index contributed by atoms with van der Waals surface area (Å²) in [5.41, 5.74) is 6.82. The van der Waals surface area contributed by atoms with Crippen LogP contribution in [0.4, 0.5) is 0 Å². The largest absolute Gasteiger partial charge is 0.339 e. The minimum Gasteiger partial charge on any atom is -0.339 e. The second kappa shape index (κ2) is 5.44. The number of aromatic nitrogens is 4. The Labute approximate surface area is 111 Å². The molecule has 2 heterocycles. The molecular formula is C13H17N5O. The van der Waals surface area contributed by atoms with Crippen molar-refractivity contribution in [2.45, 2.75) is 38.1 Å². The third kappa shape index (κ3) is 2.78. The molecule has 6 heteroatoms. The molecule has 0 aliphatic heterocycles. The van der Waals surface area contributed by atoms with Crippen molar-refractivity contribution in [2.24, 2.45) is 11.7 Å². The second-order valence-corrected chi connectivity index (χ2v) is 5.01. The number of rotatable bonds is 4. The first kappa shape index (κ1) is 12.2. The zero-order chi connectivity index (χ0) is 13.1. The minimum absolute atomic E-state index is 0.109. The molecule has 0 bridgehead atoms. The molecule has 19 heavy (non-hydrogen) atoms. The van der Waals surface area contributed by atoms with Gasteiger partial charge in [-0.2, -0.15) is 4.98 Å². The molecule has 1 aliphatic carbocycles. The van der Waals surface area contributed by atoms with Gasteiger partial charge in [-0.25, -0.2) is 4.98 Å². The van der Waals surface area contributed by atoms with E-state index in [0.717, 1.165) is 0 Å². The van der Waals surface area contributed by atoms with E-state index in [0.29, 0.717) is 29.7 Å². The van der Waals surface area contributed by atoms with Gasteiger partial charge in [0.15, 0.2) is 0 Å².